The molecule has 0 saturated carbocycles. The first-order valence-corrected chi connectivity index (χ1v) is 10.7. The lowest BCUT2D eigenvalue weighted by Crippen LogP contribution is -2.25. The lowest BCUT2D eigenvalue weighted by atomic mass is 10.1. The molecule has 4 rings (SSSR count). The summed E-state index contributed by atoms with van der Waals surface area (Å²) in [4.78, 5) is 23.2. The van der Waals surface area contributed by atoms with Gasteiger partial charge in [-0.3, -0.25) is 14.4 Å². The summed E-state index contributed by atoms with van der Waals surface area (Å²) in [7, 11) is -3.37. The number of benzene rings is 2. The minimum atomic E-state index is -3.37. The predicted molar refractivity (Wildman–Crippen MR) is 105 cm³/mol. The fourth-order valence-electron chi connectivity index (χ4n) is 3.44. The molecule has 0 unspecified atom stereocenters. The maximum atomic E-state index is 12.5. The number of fused-ring (bicyclic) bond motifs is 1. The molecule has 30 heavy (non-hydrogen) atoms. The quantitative estimate of drug-likeness (QED) is 0.399. The molecule has 2 heterocycles. The van der Waals surface area contributed by atoms with E-state index in [1.54, 1.807) is 12.1 Å². The van der Waals surface area contributed by atoms with E-state index in [9.17, 15) is 23.3 Å². The number of carbonyl (C=O) groups is 1. The fraction of sp³-hybridized carbons (Fsp3) is 0.316. The van der Waals surface area contributed by atoms with Crippen LogP contribution in [0, 0.1) is 10.1 Å². The largest absolute Gasteiger partial charge is 0.467 e. The first-order valence-electron chi connectivity index (χ1n) is 9.13. The smallest absolute Gasteiger partial charge is 0.338 e. The molecule has 2 aliphatic rings. The molecule has 0 radical (unpaired) electrons. The van der Waals surface area contributed by atoms with Crippen LogP contribution < -0.4 is 9.04 Å². The van der Waals surface area contributed by atoms with Gasteiger partial charge in [-0.25, -0.2) is 13.2 Å². The first-order chi connectivity index (χ1) is 14.3. The van der Waals surface area contributed by atoms with Gasteiger partial charge in [0.05, 0.1) is 28.5 Å². The van der Waals surface area contributed by atoms with Crippen LogP contribution in [0.15, 0.2) is 36.4 Å². The van der Waals surface area contributed by atoms with E-state index in [0.29, 0.717) is 35.5 Å². The van der Waals surface area contributed by atoms with Crippen molar-refractivity contribution >= 4 is 27.4 Å². The predicted octanol–water partition coefficient (Wildman–Crippen LogP) is 2.36. The lowest BCUT2D eigenvalue weighted by molar-refractivity contribution is -0.385. The Balaban J connectivity index is 1.54. The number of rotatable bonds is 5. The highest BCUT2D eigenvalue weighted by molar-refractivity contribution is 7.93. The van der Waals surface area contributed by atoms with Crippen LogP contribution in [-0.2, 0) is 32.7 Å². The van der Waals surface area contributed by atoms with E-state index in [-0.39, 0.29) is 37.0 Å². The van der Waals surface area contributed by atoms with Gasteiger partial charge in [0.25, 0.3) is 5.69 Å². The van der Waals surface area contributed by atoms with Crippen molar-refractivity contribution in [2.45, 2.75) is 19.6 Å². The Kier molecular flexibility index (Phi) is 5.31. The molecule has 0 N–H and O–H groups in total. The molecule has 1 saturated heterocycles. The van der Waals surface area contributed by atoms with Crippen LogP contribution in [0.2, 0.25) is 0 Å². The van der Waals surface area contributed by atoms with Crippen LogP contribution in [0.4, 0.5) is 11.4 Å². The number of nitro benzene ring substituents is 1. The van der Waals surface area contributed by atoms with Crippen LogP contribution >= 0.6 is 0 Å². The SMILES string of the molecule is O=C(OCc1cc([N+](=O)[O-])cc2c1OCOC2)c1cccc(N2CCCS2(=O)=O)c1. The highest BCUT2D eigenvalue weighted by Crippen LogP contribution is 2.33. The average molecular weight is 434 g/mol. The van der Waals surface area contributed by atoms with Gasteiger partial charge in [0.2, 0.25) is 10.0 Å². The van der Waals surface area contributed by atoms with Crippen molar-refractivity contribution in [3.05, 3.63) is 63.2 Å². The molecule has 10 nitrogen and oxygen atoms in total. The molecule has 0 amide bonds. The second-order valence-corrected chi connectivity index (χ2v) is 8.84. The van der Waals surface area contributed by atoms with Crippen molar-refractivity contribution in [2.24, 2.45) is 0 Å². The van der Waals surface area contributed by atoms with Gasteiger partial charge in [-0.2, -0.15) is 0 Å². The summed E-state index contributed by atoms with van der Waals surface area (Å²) in [5, 5.41) is 11.2. The summed E-state index contributed by atoms with van der Waals surface area (Å²) in [5.74, 6) is -0.208. The van der Waals surface area contributed by atoms with E-state index in [1.807, 2.05) is 0 Å². The summed E-state index contributed by atoms with van der Waals surface area (Å²) in [6, 6.07) is 8.82. The van der Waals surface area contributed by atoms with Crippen LogP contribution in [0.25, 0.3) is 0 Å². The van der Waals surface area contributed by atoms with Crippen LogP contribution in [0.5, 0.6) is 5.75 Å². The molecule has 158 valence electrons. The maximum Gasteiger partial charge on any atom is 0.338 e. The topological polar surface area (TPSA) is 125 Å². The van der Waals surface area contributed by atoms with Crippen molar-refractivity contribution in [3.63, 3.8) is 0 Å². The van der Waals surface area contributed by atoms with Gasteiger partial charge in [0, 0.05) is 29.8 Å². The molecule has 2 aromatic rings. The number of carbonyl (C=O) groups excluding carboxylic acids is 1. The minimum absolute atomic E-state index is 0.00187. The zero-order valence-corrected chi connectivity index (χ0v) is 16.6. The molecule has 0 bridgehead atoms. The Hall–Kier alpha value is -3.18. The molecule has 2 aliphatic heterocycles. The highest BCUT2D eigenvalue weighted by Gasteiger charge is 2.29. The van der Waals surface area contributed by atoms with Gasteiger partial charge < -0.3 is 14.2 Å². The molecule has 2 aromatic carbocycles. The van der Waals surface area contributed by atoms with E-state index in [1.165, 1.54) is 28.6 Å². The normalized spacial score (nSPS) is 17.1. The zero-order valence-electron chi connectivity index (χ0n) is 15.8. The summed E-state index contributed by atoms with van der Waals surface area (Å²) in [6.45, 7) is 0.275. The molecule has 11 heteroatoms. The highest BCUT2D eigenvalue weighted by atomic mass is 32.2. The number of non-ortho nitro benzene ring substituents is 1. The van der Waals surface area contributed by atoms with Crippen molar-refractivity contribution < 1.29 is 32.3 Å². The standard InChI is InChI=1S/C19H18N2O8S/c22-19(13-3-1-4-16(7-13)20-5-2-6-30(20,25)26)28-11-15-9-17(21(23)24)8-14-10-27-12-29-18(14)15/h1,3-4,7-9H,2,5-6,10-12H2. The summed E-state index contributed by atoms with van der Waals surface area (Å²) < 4.78 is 41.4. The second-order valence-electron chi connectivity index (χ2n) is 6.83. The second kappa shape index (κ2) is 7.92. The van der Waals surface area contributed by atoms with Crippen molar-refractivity contribution in [2.75, 3.05) is 23.4 Å². The number of nitro groups is 1. The molecule has 0 aliphatic carbocycles. The maximum absolute atomic E-state index is 12.5. The number of hydrogen-bond donors (Lipinski definition) is 0. The van der Waals surface area contributed by atoms with E-state index in [0.717, 1.165) is 0 Å². The van der Waals surface area contributed by atoms with Crippen molar-refractivity contribution in [1.29, 1.82) is 0 Å². The van der Waals surface area contributed by atoms with Gasteiger partial charge in [-0.05, 0) is 24.6 Å². The van der Waals surface area contributed by atoms with Crippen molar-refractivity contribution in [3.8, 4) is 5.75 Å². The van der Waals surface area contributed by atoms with E-state index in [2.05, 4.69) is 0 Å². The van der Waals surface area contributed by atoms with Crippen LogP contribution in [-0.4, -0.2) is 38.4 Å². The zero-order chi connectivity index (χ0) is 21.3. The number of esters is 1. The Labute approximate surface area is 172 Å². The minimum Gasteiger partial charge on any atom is -0.467 e. The Bertz CT molecular complexity index is 1120. The van der Waals surface area contributed by atoms with Gasteiger partial charge in [-0.1, -0.05) is 6.07 Å². The van der Waals surface area contributed by atoms with Gasteiger partial charge in [0.1, 0.15) is 12.4 Å². The summed E-state index contributed by atoms with van der Waals surface area (Å²) in [5.41, 5.74) is 1.28. The summed E-state index contributed by atoms with van der Waals surface area (Å²) >= 11 is 0. The Morgan fingerprint density at radius 1 is 1.27 bits per heavy atom. The number of ether oxygens (including phenoxy) is 3. The number of hydrogen-bond acceptors (Lipinski definition) is 8. The van der Waals surface area contributed by atoms with E-state index >= 15 is 0 Å². The monoisotopic (exact) mass is 434 g/mol. The number of sulfonamides is 1. The van der Waals surface area contributed by atoms with Crippen LogP contribution in [0.1, 0.15) is 27.9 Å². The third-order valence-electron chi connectivity index (χ3n) is 4.81. The average Bonchev–Trinajstić information content (AvgIpc) is 3.10. The van der Waals surface area contributed by atoms with E-state index in [4.69, 9.17) is 14.2 Å². The fourth-order valence-corrected chi connectivity index (χ4v) is 4.99. The molecule has 0 atom stereocenters. The molecule has 0 aromatic heterocycles. The molecule has 0 spiro atoms. The summed E-state index contributed by atoms with van der Waals surface area (Å²) in [6.07, 6.45) is 0.526. The first kappa shape index (κ1) is 20.1. The van der Waals surface area contributed by atoms with Crippen molar-refractivity contribution in [1.82, 2.24) is 0 Å². The third-order valence-corrected chi connectivity index (χ3v) is 6.68. The molecule has 1 fully saturated rings. The van der Waals surface area contributed by atoms with E-state index < -0.39 is 20.9 Å². The lowest BCUT2D eigenvalue weighted by Gasteiger charge is -2.20. The van der Waals surface area contributed by atoms with Gasteiger partial charge in [0.15, 0.2) is 6.79 Å². The Morgan fingerprint density at radius 3 is 2.83 bits per heavy atom. The molecular formula is C19H18N2O8S. The number of nitrogens with zero attached hydrogens (tertiary/aromatic N) is 2. The van der Waals surface area contributed by atoms with Crippen LogP contribution in [0.3, 0.4) is 0 Å². The van der Waals surface area contributed by atoms with Gasteiger partial charge in [-0.15, -0.1) is 0 Å². The molecular weight excluding hydrogens is 416 g/mol. The third kappa shape index (κ3) is 3.94. The van der Waals surface area contributed by atoms with Gasteiger partial charge >= 0.3 is 5.97 Å². The Morgan fingerprint density at radius 2 is 2.10 bits per heavy atom. The number of anilines is 1.